The van der Waals surface area contributed by atoms with E-state index in [1.165, 1.54) is 26.3 Å². The maximum atomic E-state index is 14.6. The van der Waals surface area contributed by atoms with Crippen molar-refractivity contribution in [3.63, 3.8) is 0 Å². The van der Waals surface area contributed by atoms with Crippen LogP contribution < -0.4 is 11.1 Å². The number of amides is 2. The lowest BCUT2D eigenvalue weighted by atomic mass is 9.76. The second kappa shape index (κ2) is 9.26. The lowest BCUT2D eigenvalue weighted by molar-refractivity contribution is -0.272. The van der Waals surface area contributed by atoms with E-state index in [1.54, 1.807) is 0 Å². The van der Waals surface area contributed by atoms with Crippen LogP contribution in [0.2, 0.25) is 0 Å². The van der Waals surface area contributed by atoms with Gasteiger partial charge in [0.25, 0.3) is 11.8 Å². The normalized spacial score (nSPS) is 24.8. The van der Waals surface area contributed by atoms with E-state index in [-0.39, 0.29) is 22.5 Å². The number of primary amides is 1. The van der Waals surface area contributed by atoms with Crippen LogP contribution in [0, 0.1) is 17.6 Å². The van der Waals surface area contributed by atoms with Gasteiger partial charge in [0.15, 0.2) is 17.2 Å². The zero-order chi connectivity index (χ0) is 25.4. The molecule has 3 N–H and O–H groups in total. The van der Waals surface area contributed by atoms with Crippen molar-refractivity contribution < 1.29 is 41.0 Å². The number of rotatable bonds is 6. The summed E-state index contributed by atoms with van der Waals surface area (Å²) in [6, 6.07) is 4.34. The highest BCUT2D eigenvalue weighted by Crippen LogP contribution is 2.54. The Labute approximate surface area is 191 Å². The highest BCUT2D eigenvalue weighted by Gasteiger charge is 2.65. The molecule has 0 aliphatic carbocycles. The molecule has 34 heavy (non-hydrogen) atoms. The number of nitrogens with one attached hydrogen (secondary N) is 1. The Morgan fingerprint density at radius 3 is 2.53 bits per heavy atom. The van der Waals surface area contributed by atoms with Crippen LogP contribution in [-0.4, -0.2) is 41.8 Å². The SMILES string of the molecule is COCc1c([C@H]2[C@H](C(=O)Nc3ccnc(C(N)=O)c3)O[C@@](C)(C(F)(F)F)[C@H]2C)ccc(F)c1F. The van der Waals surface area contributed by atoms with Gasteiger partial charge in [-0.05, 0) is 30.7 Å². The first-order chi connectivity index (χ1) is 15.8. The fourth-order valence-corrected chi connectivity index (χ4v) is 4.09. The third-order valence-electron chi connectivity index (χ3n) is 6.09. The Hall–Kier alpha value is -3.12. The van der Waals surface area contributed by atoms with Crippen LogP contribution in [0.15, 0.2) is 30.5 Å². The molecule has 0 radical (unpaired) electrons. The number of carbonyl (C=O) groups is 2. The summed E-state index contributed by atoms with van der Waals surface area (Å²) in [4.78, 5) is 28.2. The Morgan fingerprint density at radius 2 is 1.94 bits per heavy atom. The van der Waals surface area contributed by atoms with Crippen LogP contribution in [0.5, 0.6) is 0 Å². The molecule has 1 aliphatic heterocycles. The molecule has 7 nitrogen and oxygen atoms in total. The van der Waals surface area contributed by atoms with E-state index < -0.39 is 59.8 Å². The monoisotopic (exact) mass is 487 g/mol. The smallest absolute Gasteiger partial charge is 0.380 e. The number of halogens is 5. The summed E-state index contributed by atoms with van der Waals surface area (Å²) in [7, 11) is 1.21. The third kappa shape index (κ3) is 4.47. The molecule has 2 heterocycles. The van der Waals surface area contributed by atoms with E-state index in [1.807, 2.05) is 0 Å². The first kappa shape index (κ1) is 25.5. The van der Waals surface area contributed by atoms with Gasteiger partial charge in [0, 0.05) is 36.4 Å². The number of alkyl halides is 3. The van der Waals surface area contributed by atoms with Gasteiger partial charge in [-0.25, -0.2) is 8.78 Å². The Morgan fingerprint density at radius 1 is 1.26 bits per heavy atom. The van der Waals surface area contributed by atoms with Crippen LogP contribution in [0.25, 0.3) is 0 Å². The van der Waals surface area contributed by atoms with E-state index in [9.17, 15) is 31.5 Å². The molecule has 1 aliphatic rings. The summed E-state index contributed by atoms with van der Waals surface area (Å²) in [5, 5.41) is 2.39. The minimum absolute atomic E-state index is 0.0341. The van der Waals surface area contributed by atoms with Crippen LogP contribution in [-0.2, 0) is 20.9 Å². The highest BCUT2D eigenvalue weighted by atomic mass is 19.4. The van der Waals surface area contributed by atoms with Gasteiger partial charge < -0.3 is 20.5 Å². The van der Waals surface area contributed by atoms with Crippen LogP contribution in [0.1, 0.15) is 41.4 Å². The summed E-state index contributed by atoms with van der Waals surface area (Å²) < 4.78 is 80.7. The molecule has 12 heteroatoms. The number of ether oxygens (including phenoxy) is 2. The number of carbonyl (C=O) groups excluding carboxylic acids is 2. The van der Waals surface area contributed by atoms with Crippen molar-refractivity contribution in [2.45, 2.75) is 44.3 Å². The molecule has 2 aromatic rings. The first-order valence-corrected chi connectivity index (χ1v) is 10.1. The minimum atomic E-state index is -4.88. The Kier molecular flexibility index (Phi) is 6.94. The zero-order valence-electron chi connectivity index (χ0n) is 18.4. The van der Waals surface area contributed by atoms with Crippen molar-refractivity contribution in [2.24, 2.45) is 11.7 Å². The summed E-state index contributed by atoms with van der Waals surface area (Å²) in [5.74, 6) is -7.05. The molecule has 184 valence electrons. The van der Waals surface area contributed by atoms with Crippen LogP contribution in [0.4, 0.5) is 27.6 Å². The number of nitrogens with two attached hydrogens (primary N) is 1. The predicted molar refractivity (Wildman–Crippen MR) is 110 cm³/mol. The fourth-order valence-electron chi connectivity index (χ4n) is 4.09. The molecular formula is C22H22F5N3O4. The number of hydrogen-bond acceptors (Lipinski definition) is 5. The van der Waals surface area contributed by atoms with Gasteiger partial charge in [0.05, 0.1) is 6.61 Å². The van der Waals surface area contributed by atoms with E-state index in [0.29, 0.717) is 0 Å². The Bertz CT molecular complexity index is 1110. The topological polar surface area (TPSA) is 104 Å². The average molecular weight is 487 g/mol. The summed E-state index contributed by atoms with van der Waals surface area (Å²) in [5.41, 5.74) is 1.88. The lowest BCUT2D eigenvalue weighted by Gasteiger charge is -2.32. The maximum Gasteiger partial charge on any atom is 0.417 e. The van der Waals surface area contributed by atoms with Crippen molar-refractivity contribution in [3.8, 4) is 0 Å². The van der Waals surface area contributed by atoms with Gasteiger partial charge in [-0.3, -0.25) is 14.6 Å². The number of aromatic nitrogens is 1. The number of benzene rings is 1. The molecule has 1 aromatic heterocycles. The number of pyridine rings is 1. The van der Waals surface area contributed by atoms with E-state index in [0.717, 1.165) is 25.1 Å². The van der Waals surface area contributed by atoms with Gasteiger partial charge in [-0.2, -0.15) is 13.2 Å². The van der Waals surface area contributed by atoms with Crippen molar-refractivity contribution in [1.82, 2.24) is 4.98 Å². The number of anilines is 1. The second-order valence-corrected chi connectivity index (χ2v) is 8.10. The second-order valence-electron chi connectivity index (χ2n) is 8.10. The molecule has 0 unspecified atom stereocenters. The van der Waals surface area contributed by atoms with E-state index >= 15 is 0 Å². The number of methoxy groups -OCH3 is 1. The third-order valence-corrected chi connectivity index (χ3v) is 6.09. The van der Waals surface area contributed by atoms with E-state index in [4.69, 9.17) is 15.2 Å². The zero-order valence-corrected chi connectivity index (χ0v) is 18.4. The van der Waals surface area contributed by atoms with Gasteiger partial charge in [0.2, 0.25) is 0 Å². The predicted octanol–water partition coefficient (Wildman–Crippen LogP) is 3.68. The van der Waals surface area contributed by atoms with Gasteiger partial charge >= 0.3 is 6.18 Å². The molecule has 0 spiro atoms. The first-order valence-electron chi connectivity index (χ1n) is 10.1. The largest absolute Gasteiger partial charge is 0.417 e. The van der Waals surface area contributed by atoms with Crippen LogP contribution in [0.3, 0.4) is 0 Å². The lowest BCUT2D eigenvalue weighted by Crippen LogP contribution is -2.47. The van der Waals surface area contributed by atoms with Gasteiger partial charge in [-0.15, -0.1) is 0 Å². The molecule has 1 aromatic carbocycles. The average Bonchev–Trinajstić information content (AvgIpc) is 3.04. The van der Waals surface area contributed by atoms with Crippen molar-refractivity contribution in [3.05, 3.63) is 58.9 Å². The molecule has 3 rings (SSSR count). The molecule has 1 saturated heterocycles. The van der Waals surface area contributed by atoms with Crippen molar-refractivity contribution in [2.75, 3.05) is 12.4 Å². The van der Waals surface area contributed by atoms with Crippen LogP contribution >= 0.6 is 0 Å². The molecule has 0 saturated carbocycles. The number of nitrogens with zero attached hydrogens (tertiary/aromatic N) is 1. The standard InChI is InChI=1S/C22H22F5N3O4/c1-10-16(12-4-5-14(23)17(24)13(12)9-33-3)18(34-21(10,2)22(25,26)27)20(32)30-11-6-7-29-15(8-11)19(28)31/h4-8,10,16,18H,9H2,1-3H3,(H2,28,31)(H,29,30,32)/t10-,16-,18+,21+/m0/s1. The summed E-state index contributed by atoms with van der Waals surface area (Å²) in [6.45, 7) is 1.58. The molecule has 0 bridgehead atoms. The van der Waals surface area contributed by atoms with Crippen molar-refractivity contribution in [1.29, 1.82) is 0 Å². The molecule has 1 fully saturated rings. The fraction of sp³-hybridized carbons (Fsp3) is 0.409. The molecule has 4 atom stereocenters. The summed E-state index contributed by atoms with van der Waals surface area (Å²) >= 11 is 0. The van der Waals surface area contributed by atoms with E-state index in [2.05, 4.69) is 10.3 Å². The van der Waals surface area contributed by atoms with Crippen molar-refractivity contribution >= 4 is 17.5 Å². The molecule has 2 amide bonds. The Balaban J connectivity index is 2.09. The molecular weight excluding hydrogens is 465 g/mol. The summed E-state index contributed by atoms with van der Waals surface area (Å²) in [6.07, 6.45) is -5.44. The van der Waals surface area contributed by atoms with Gasteiger partial charge in [-0.1, -0.05) is 13.0 Å². The maximum absolute atomic E-state index is 14.6. The highest BCUT2D eigenvalue weighted by molar-refractivity contribution is 5.97. The minimum Gasteiger partial charge on any atom is -0.380 e. The quantitative estimate of drug-likeness (QED) is 0.605. The number of hydrogen-bond donors (Lipinski definition) is 2. The van der Waals surface area contributed by atoms with Gasteiger partial charge in [0.1, 0.15) is 11.8 Å².